The third-order valence-electron chi connectivity index (χ3n) is 2.65. The first kappa shape index (κ1) is 14.9. The van der Waals surface area contributed by atoms with Gasteiger partial charge in [-0.15, -0.1) is 11.3 Å². The van der Waals surface area contributed by atoms with Crippen LogP contribution >= 0.6 is 22.9 Å². The van der Waals surface area contributed by atoms with Crippen LogP contribution in [0, 0.1) is 0 Å². The lowest BCUT2D eigenvalue weighted by Crippen LogP contribution is -2.35. The lowest BCUT2D eigenvalue weighted by Gasteiger charge is -2.18. The monoisotopic (exact) mass is 322 g/mol. The van der Waals surface area contributed by atoms with Crippen molar-refractivity contribution < 1.29 is 18.0 Å². The number of halogens is 4. The van der Waals surface area contributed by atoms with Crippen LogP contribution in [0.5, 0.6) is 0 Å². The Labute approximate surface area is 121 Å². The van der Waals surface area contributed by atoms with Gasteiger partial charge in [-0.1, -0.05) is 11.6 Å². The maximum atomic E-state index is 12.3. The van der Waals surface area contributed by atoms with Crippen LogP contribution in [-0.2, 0) is 0 Å². The van der Waals surface area contributed by atoms with E-state index in [4.69, 9.17) is 17.3 Å². The Balaban J connectivity index is 2.38. The van der Waals surface area contributed by atoms with Crippen molar-refractivity contribution in [1.29, 1.82) is 0 Å². The van der Waals surface area contributed by atoms with Gasteiger partial charge >= 0.3 is 6.18 Å². The summed E-state index contributed by atoms with van der Waals surface area (Å²) in [5.41, 5.74) is 5.99. The van der Waals surface area contributed by atoms with Crippen LogP contribution < -0.4 is 5.73 Å². The van der Waals surface area contributed by atoms with Gasteiger partial charge in [-0.3, -0.25) is 4.79 Å². The number of thiophene rings is 1. The van der Waals surface area contributed by atoms with Crippen molar-refractivity contribution in [1.82, 2.24) is 4.90 Å². The molecule has 0 radical (unpaired) electrons. The largest absolute Gasteiger partial charge is 0.406 e. The molecule has 2 N–H and O–H groups in total. The standard InChI is InChI=1S/C12H10ClF3N2OS/c1-18(5-12(14,15)16)11(19)10-9(17)7-4-6(13)2-3-8(7)20-10/h2-4H,5,17H2,1H3. The van der Waals surface area contributed by atoms with E-state index >= 15 is 0 Å². The molecule has 2 rings (SSSR count). The highest BCUT2D eigenvalue weighted by Gasteiger charge is 2.32. The summed E-state index contributed by atoms with van der Waals surface area (Å²) in [4.78, 5) is 12.7. The molecule has 2 aromatic rings. The smallest absolute Gasteiger partial charge is 0.397 e. The van der Waals surface area contributed by atoms with E-state index in [1.54, 1.807) is 18.2 Å². The highest BCUT2D eigenvalue weighted by Crippen LogP contribution is 2.36. The summed E-state index contributed by atoms with van der Waals surface area (Å²) < 4.78 is 37.6. The first-order valence-corrected chi connectivity index (χ1v) is 6.68. The van der Waals surface area contributed by atoms with Gasteiger partial charge in [-0.05, 0) is 18.2 Å². The van der Waals surface area contributed by atoms with Gasteiger partial charge in [0, 0.05) is 22.2 Å². The zero-order chi connectivity index (χ0) is 15.1. The summed E-state index contributed by atoms with van der Waals surface area (Å²) in [7, 11) is 1.09. The third kappa shape index (κ3) is 2.99. The molecular formula is C12H10ClF3N2OS. The second-order valence-corrected chi connectivity index (χ2v) is 5.75. The second-order valence-electron chi connectivity index (χ2n) is 4.26. The van der Waals surface area contributed by atoms with E-state index in [2.05, 4.69) is 0 Å². The van der Waals surface area contributed by atoms with Crippen molar-refractivity contribution in [2.75, 3.05) is 19.3 Å². The van der Waals surface area contributed by atoms with Crippen molar-refractivity contribution in [3.05, 3.63) is 28.1 Å². The molecule has 0 aliphatic carbocycles. The van der Waals surface area contributed by atoms with E-state index in [1.165, 1.54) is 0 Å². The Bertz CT molecular complexity index is 669. The van der Waals surface area contributed by atoms with Crippen LogP contribution in [0.3, 0.4) is 0 Å². The van der Waals surface area contributed by atoms with E-state index < -0.39 is 18.6 Å². The Kier molecular flexibility index (Phi) is 3.84. The van der Waals surface area contributed by atoms with Crippen LogP contribution in [0.15, 0.2) is 18.2 Å². The first-order chi connectivity index (χ1) is 9.19. The number of nitrogens with zero attached hydrogens (tertiary/aromatic N) is 1. The fourth-order valence-electron chi connectivity index (χ4n) is 1.76. The first-order valence-electron chi connectivity index (χ1n) is 5.49. The molecule has 0 saturated heterocycles. The molecule has 1 aromatic carbocycles. The summed E-state index contributed by atoms with van der Waals surface area (Å²) in [6.45, 7) is -1.32. The van der Waals surface area contributed by atoms with Crippen LogP contribution in [0.1, 0.15) is 9.67 Å². The molecule has 1 heterocycles. The normalized spacial score (nSPS) is 11.8. The summed E-state index contributed by atoms with van der Waals surface area (Å²) in [5.74, 6) is -0.753. The van der Waals surface area contributed by atoms with E-state index in [-0.39, 0.29) is 10.6 Å². The van der Waals surface area contributed by atoms with E-state index in [9.17, 15) is 18.0 Å². The van der Waals surface area contributed by atoms with Crippen molar-refractivity contribution >= 4 is 44.6 Å². The van der Waals surface area contributed by atoms with Gasteiger partial charge in [0.05, 0.1) is 5.69 Å². The van der Waals surface area contributed by atoms with Gasteiger partial charge in [-0.2, -0.15) is 13.2 Å². The molecule has 0 aliphatic heterocycles. The number of hydrogen-bond donors (Lipinski definition) is 1. The molecule has 0 aliphatic rings. The van der Waals surface area contributed by atoms with Crippen molar-refractivity contribution in [2.45, 2.75) is 6.18 Å². The number of nitrogen functional groups attached to an aromatic ring is 1. The average molecular weight is 323 g/mol. The quantitative estimate of drug-likeness (QED) is 0.914. The van der Waals surface area contributed by atoms with Crippen LogP contribution in [-0.4, -0.2) is 30.6 Å². The lowest BCUT2D eigenvalue weighted by molar-refractivity contribution is -0.138. The zero-order valence-electron chi connectivity index (χ0n) is 10.3. The predicted octanol–water partition coefficient (Wildman–Crippen LogP) is 3.77. The number of nitrogens with two attached hydrogens (primary N) is 1. The Morgan fingerprint density at radius 3 is 2.70 bits per heavy atom. The molecule has 0 bridgehead atoms. The molecule has 0 fully saturated rings. The number of rotatable bonds is 2. The molecule has 20 heavy (non-hydrogen) atoms. The summed E-state index contributed by atoms with van der Waals surface area (Å²) >= 11 is 6.89. The number of amides is 1. The van der Waals surface area contributed by atoms with Crippen molar-refractivity contribution in [3.8, 4) is 0 Å². The maximum absolute atomic E-state index is 12.3. The summed E-state index contributed by atoms with van der Waals surface area (Å²) in [6, 6.07) is 4.90. The molecule has 1 aromatic heterocycles. The fraction of sp³-hybridized carbons (Fsp3) is 0.250. The molecular weight excluding hydrogens is 313 g/mol. The van der Waals surface area contributed by atoms with E-state index in [0.29, 0.717) is 20.0 Å². The Hall–Kier alpha value is -1.47. The summed E-state index contributed by atoms with van der Waals surface area (Å²) in [6.07, 6.45) is -4.45. The highest BCUT2D eigenvalue weighted by molar-refractivity contribution is 7.21. The SMILES string of the molecule is CN(CC(F)(F)F)C(=O)c1sc2ccc(Cl)cc2c1N. The Morgan fingerprint density at radius 2 is 2.10 bits per heavy atom. The van der Waals surface area contributed by atoms with Gasteiger partial charge in [-0.25, -0.2) is 0 Å². The number of hydrogen-bond acceptors (Lipinski definition) is 3. The molecule has 1 amide bonds. The molecule has 108 valence electrons. The number of carbonyl (C=O) groups excluding carboxylic acids is 1. The summed E-state index contributed by atoms with van der Waals surface area (Å²) in [5, 5.41) is 1.02. The lowest BCUT2D eigenvalue weighted by atomic mass is 10.2. The fourth-order valence-corrected chi connectivity index (χ4v) is 3.03. The van der Waals surface area contributed by atoms with Crippen molar-refractivity contribution in [3.63, 3.8) is 0 Å². The second kappa shape index (κ2) is 5.14. The van der Waals surface area contributed by atoms with Crippen molar-refractivity contribution in [2.24, 2.45) is 0 Å². The molecule has 0 spiro atoms. The number of fused-ring (bicyclic) bond motifs is 1. The van der Waals surface area contributed by atoms with Gasteiger partial charge in [0.25, 0.3) is 5.91 Å². The number of alkyl halides is 3. The number of benzene rings is 1. The third-order valence-corrected chi connectivity index (χ3v) is 4.06. The Morgan fingerprint density at radius 1 is 1.45 bits per heavy atom. The van der Waals surface area contributed by atoms with E-state index in [1.807, 2.05) is 0 Å². The molecule has 0 saturated carbocycles. The van der Waals surface area contributed by atoms with Gasteiger partial charge in [0.2, 0.25) is 0 Å². The molecule has 0 atom stereocenters. The van der Waals surface area contributed by atoms with Gasteiger partial charge in [0.1, 0.15) is 11.4 Å². The van der Waals surface area contributed by atoms with E-state index in [0.717, 1.165) is 18.4 Å². The average Bonchev–Trinajstić information content (AvgIpc) is 2.64. The minimum Gasteiger partial charge on any atom is -0.397 e. The molecule has 8 heteroatoms. The van der Waals surface area contributed by atoms with Gasteiger partial charge in [0.15, 0.2) is 0 Å². The van der Waals surface area contributed by atoms with Crippen LogP contribution in [0.25, 0.3) is 10.1 Å². The predicted molar refractivity (Wildman–Crippen MR) is 74.3 cm³/mol. The number of anilines is 1. The van der Waals surface area contributed by atoms with Gasteiger partial charge < -0.3 is 10.6 Å². The maximum Gasteiger partial charge on any atom is 0.406 e. The van der Waals surface area contributed by atoms with Crippen LogP contribution in [0.2, 0.25) is 5.02 Å². The molecule has 3 nitrogen and oxygen atoms in total. The number of carbonyl (C=O) groups is 1. The minimum atomic E-state index is -4.45. The highest BCUT2D eigenvalue weighted by atomic mass is 35.5. The zero-order valence-corrected chi connectivity index (χ0v) is 11.9. The van der Waals surface area contributed by atoms with Crippen LogP contribution in [0.4, 0.5) is 18.9 Å². The topological polar surface area (TPSA) is 46.3 Å². The minimum absolute atomic E-state index is 0.0917. The molecule has 0 unspecified atom stereocenters.